The molecule has 3 rings (SSSR count). The molecule has 0 radical (unpaired) electrons. The molecule has 1 unspecified atom stereocenters. The van der Waals surface area contributed by atoms with Crippen LogP contribution in [-0.4, -0.2) is 62.3 Å². The molecule has 9 heteroatoms. The van der Waals surface area contributed by atoms with Gasteiger partial charge in [-0.3, -0.25) is 9.48 Å². The highest BCUT2D eigenvalue weighted by Gasteiger charge is 2.29. The van der Waals surface area contributed by atoms with E-state index in [1.807, 2.05) is 0 Å². The maximum absolute atomic E-state index is 12.3. The lowest BCUT2D eigenvalue weighted by molar-refractivity contribution is 0.0765. The van der Waals surface area contributed by atoms with Crippen molar-refractivity contribution in [3.05, 3.63) is 24.0 Å². The molecule has 2 aromatic rings. The normalized spacial score (nSPS) is 17.5. The minimum absolute atomic E-state index is 0.108. The first-order valence-electron chi connectivity index (χ1n) is 6.85. The SMILES string of the molecule is COc1ccc(OC2CCN(C(=O)c3cn(C)nn3)C2)nn1. The van der Waals surface area contributed by atoms with Gasteiger partial charge in [0.25, 0.3) is 5.91 Å². The summed E-state index contributed by atoms with van der Waals surface area (Å²) in [5, 5.41) is 15.4. The van der Waals surface area contributed by atoms with Crippen molar-refractivity contribution in [1.82, 2.24) is 30.1 Å². The number of aromatic nitrogens is 5. The van der Waals surface area contributed by atoms with Crippen LogP contribution in [0.1, 0.15) is 16.9 Å². The molecule has 0 spiro atoms. The first kappa shape index (κ1) is 14.2. The van der Waals surface area contributed by atoms with Gasteiger partial charge in [-0.1, -0.05) is 5.21 Å². The van der Waals surface area contributed by atoms with Crippen molar-refractivity contribution < 1.29 is 14.3 Å². The van der Waals surface area contributed by atoms with Gasteiger partial charge in [-0.2, -0.15) is 0 Å². The minimum Gasteiger partial charge on any atom is -0.480 e. The Bertz CT molecular complexity index is 656. The number of methoxy groups -OCH3 is 1. The maximum atomic E-state index is 12.3. The van der Waals surface area contributed by atoms with Crippen LogP contribution >= 0.6 is 0 Å². The molecule has 116 valence electrons. The average Bonchev–Trinajstić information content (AvgIpc) is 3.16. The molecule has 1 saturated heterocycles. The summed E-state index contributed by atoms with van der Waals surface area (Å²) in [5.74, 6) is 0.706. The third-order valence-corrected chi connectivity index (χ3v) is 3.37. The largest absolute Gasteiger partial charge is 0.480 e. The van der Waals surface area contributed by atoms with Gasteiger partial charge in [-0.05, 0) is 0 Å². The molecule has 22 heavy (non-hydrogen) atoms. The van der Waals surface area contributed by atoms with Gasteiger partial charge in [0.1, 0.15) is 6.10 Å². The second kappa shape index (κ2) is 5.96. The smallest absolute Gasteiger partial charge is 0.276 e. The van der Waals surface area contributed by atoms with E-state index in [0.29, 0.717) is 30.5 Å². The first-order valence-corrected chi connectivity index (χ1v) is 6.85. The Morgan fingerprint density at radius 1 is 1.27 bits per heavy atom. The van der Waals surface area contributed by atoms with E-state index in [4.69, 9.17) is 9.47 Å². The molecule has 1 fully saturated rings. The third kappa shape index (κ3) is 2.97. The predicted molar refractivity (Wildman–Crippen MR) is 74.5 cm³/mol. The van der Waals surface area contributed by atoms with Gasteiger partial charge in [-0.25, -0.2) is 0 Å². The van der Waals surface area contributed by atoms with Crippen LogP contribution in [0.2, 0.25) is 0 Å². The van der Waals surface area contributed by atoms with E-state index < -0.39 is 0 Å². The van der Waals surface area contributed by atoms with Crippen LogP contribution in [0, 0.1) is 0 Å². The van der Waals surface area contributed by atoms with E-state index in [1.165, 1.54) is 11.8 Å². The van der Waals surface area contributed by atoms with Gasteiger partial charge in [0.15, 0.2) is 5.69 Å². The zero-order valence-corrected chi connectivity index (χ0v) is 12.3. The predicted octanol–water partition coefficient (Wildman–Crippen LogP) is -0.0928. The van der Waals surface area contributed by atoms with E-state index in [0.717, 1.165) is 6.42 Å². The summed E-state index contributed by atoms with van der Waals surface area (Å²) in [6, 6.07) is 3.37. The van der Waals surface area contributed by atoms with E-state index in [9.17, 15) is 4.79 Å². The van der Waals surface area contributed by atoms with Gasteiger partial charge < -0.3 is 14.4 Å². The van der Waals surface area contributed by atoms with Crippen molar-refractivity contribution in [3.63, 3.8) is 0 Å². The maximum Gasteiger partial charge on any atom is 0.276 e. The van der Waals surface area contributed by atoms with Crippen molar-refractivity contribution in [2.45, 2.75) is 12.5 Å². The molecule has 0 aromatic carbocycles. The number of rotatable bonds is 4. The van der Waals surface area contributed by atoms with Crippen LogP contribution < -0.4 is 9.47 Å². The summed E-state index contributed by atoms with van der Waals surface area (Å²) in [6.45, 7) is 1.10. The highest BCUT2D eigenvalue weighted by molar-refractivity contribution is 5.92. The van der Waals surface area contributed by atoms with Crippen LogP contribution in [0.25, 0.3) is 0 Å². The summed E-state index contributed by atoms with van der Waals surface area (Å²) in [6.07, 6.45) is 2.23. The Morgan fingerprint density at radius 2 is 2.05 bits per heavy atom. The molecule has 1 aliphatic rings. The lowest BCUT2D eigenvalue weighted by Gasteiger charge is -2.15. The Hall–Kier alpha value is -2.71. The lowest BCUT2D eigenvalue weighted by Crippen LogP contribution is -2.31. The molecule has 2 aromatic heterocycles. The van der Waals surface area contributed by atoms with Crippen molar-refractivity contribution in [2.24, 2.45) is 7.05 Å². The number of aryl methyl sites for hydroxylation is 1. The molecule has 1 atom stereocenters. The zero-order valence-electron chi connectivity index (χ0n) is 12.3. The topological polar surface area (TPSA) is 95.3 Å². The van der Waals surface area contributed by atoms with Crippen molar-refractivity contribution in [2.75, 3.05) is 20.2 Å². The van der Waals surface area contributed by atoms with Crippen molar-refractivity contribution in [3.8, 4) is 11.8 Å². The molecule has 1 aliphatic heterocycles. The Kier molecular flexibility index (Phi) is 3.86. The number of amides is 1. The average molecular weight is 304 g/mol. The van der Waals surface area contributed by atoms with Gasteiger partial charge in [0.2, 0.25) is 11.8 Å². The highest BCUT2D eigenvalue weighted by atomic mass is 16.5. The van der Waals surface area contributed by atoms with Gasteiger partial charge in [-0.15, -0.1) is 15.3 Å². The number of carbonyl (C=O) groups is 1. The zero-order chi connectivity index (χ0) is 15.5. The highest BCUT2D eigenvalue weighted by Crippen LogP contribution is 2.18. The second-order valence-electron chi connectivity index (χ2n) is 4.97. The number of ether oxygens (including phenoxy) is 2. The van der Waals surface area contributed by atoms with E-state index in [1.54, 1.807) is 30.3 Å². The fourth-order valence-electron chi connectivity index (χ4n) is 2.27. The van der Waals surface area contributed by atoms with Gasteiger partial charge >= 0.3 is 0 Å². The number of nitrogens with zero attached hydrogens (tertiary/aromatic N) is 6. The van der Waals surface area contributed by atoms with Crippen molar-refractivity contribution in [1.29, 1.82) is 0 Å². The lowest BCUT2D eigenvalue weighted by atomic mass is 10.3. The summed E-state index contributed by atoms with van der Waals surface area (Å²) >= 11 is 0. The standard InChI is InChI=1S/C13H16N6O3/c1-18-8-10(14-17-18)13(20)19-6-5-9(7-19)22-12-4-3-11(21-2)15-16-12/h3-4,8-9H,5-7H2,1-2H3. The van der Waals surface area contributed by atoms with Crippen LogP contribution in [-0.2, 0) is 7.05 Å². The van der Waals surface area contributed by atoms with Crippen LogP contribution in [0.5, 0.6) is 11.8 Å². The molecule has 0 N–H and O–H groups in total. The fourth-order valence-corrected chi connectivity index (χ4v) is 2.27. The summed E-state index contributed by atoms with van der Waals surface area (Å²) in [5.41, 5.74) is 0.340. The number of hydrogen-bond acceptors (Lipinski definition) is 7. The minimum atomic E-state index is -0.139. The number of carbonyl (C=O) groups excluding carboxylic acids is 1. The van der Waals surface area contributed by atoms with Crippen molar-refractivity contribution >= 4 is 5.91 Å². The van der Waals surface area contributed by atoms with Crippen LogP contribution in [0.4, 0.5) is 0 Å². The molecule has 0 bridgehead atoms. The van der Waals surface area contributed by atoms with E-state index in [2.05, 4.69) is 20.5 Å². The van der Waals surface area contributed by atoms with Gasteiger partial charge in [0.05, 0.1) is 19.9 Å². The molecule has 9 nitrogen and oxygen atoms in total. The summed E-state index contributed by atoms with van der Waals surface area (Å²) in [4.78, 5) is 14.0. The molecular weight excluding hydrogens is 288 g/mol. The molecule has 3 heterocycles. The summed E-state index contributed by atoms with van der Waals surface area (Å²) in [7, 11) is 3.25. The molecular formula is C13H16N6O3. The van der Waals surface area contributed by atoms with E-state index in [-0.39, 0.29) is 12.0 Å². The Balaban J connectivity index is 1.58. The second-order valence-corrected chi connectivity index (χ2v) is 4.97. The third-order valence-electron chi connectivity index (χ3n) is 3.37. The first-order chi connectivity index (χ1) is 10.7. The van der Waals surface area contributed by atoms with Crippen LogP contribution in [0.15, 0.2) is 18.3 Å². The Labute approximate surface area is 126 Å². The monoisotopic (exact) mass is 304 g/mol. The summed E-state index contributed by atoms with van der Waals surface area (Å²) < 4.78 is 12.2. The molecule has 0 saturated carbocycles. The van der Waals surface area contributed by atoms with Gasteiger partial charge in [0, 0.05) is 32.1 Å². The fraction of sp³-hybridized carbons (Fsp3) is 0.462. The molecule has 0 aliphatic carbocycles. The Morgan fingerprint density at radius 3 is 2.68 bits per heavy atom. The quantitative estimate of drug-likeness (QED) is 0.778. The number of hydrogen-bond donors (Lipinski definition) is 0. The molecule has 1 amide bonds. The number of likely N-dealkylation sites (tertiary alicyclic amines) is 1. The van der Waals surface area contributed by atoms with Crippen LogP contribution in [0.3, 0.4) is 0 Å². The van der Waals surface area contributed by atoms with E-state index >= 15 is 0 Å².